The van der Waals surface area contributed by atoms with Gasteiger partial charge in [0.05, 0.1) is 23.5 Å². The summed E-state index contributed by atoms with van der Waals surface area (Å²) in [6.45, 7) is 0.459. The van der Waals surface area contributed by atoms with Gasteiger partial charge in [0.2, 0.25) is 0 Å². The minimum Gasteiger partial charge on any atom is -0.408 e. The van der Waals surface area contributed by atoms with Crippen LogP contribution < -0.4 is 10.5 Å². The number of aromatic nitrogens is 1. The highest BCUT2D eigenvalue weighted by atomic mass is 32.2. The molecule has 0 bridgehead atoms. The van der Waals surface area contributed by atoms with E-state index in [-0.39, 0.29) is 35.2 Å². The number of nitrogens with zero attached hydrogens (tertiary/aromatic N) is 2. The zero-order valence-corrected chi connectivity index (χ0v) is 19.7. The van der Waals surface area contributed by atoms with Crippen LogP contribution in [0.5, 0.6) is 0 Å². The number of rotatable bonds is 6. The van der Waals surface area contributed by atoms with Crippen LogP contribution >= 0.6 is 0 Å². The molecule has 2 N–H and O–H groups in total. The van der Waals surface area contributed by atoms with Gasteiger partial charge in [-0.25, -0.2) is 13.2 Å². The van der Waals surface area contributed by atoms with Crippen LogP contribution in [-0.2, 0) is 23.5 Å². The summed E-state index contributed by atoms with van der Waals surface area (Å²) in [5.74, 6) is -0.815. The van der Waals surface area contributed by atoms with Crippen molar-refractivity contribution >= 4 is 32.7 Å². The lowest BCUT2D eigenvalue weighted by molar-refractivity contribution is -0.0799. The van der Waals surface area contributed by atoms with Gasteiger partial charge in [0.1, 0.15) is 5.60 Å². The lowest BCUT2D eigenvalue weighted by Crippen LogP contribution is -2.64. The SMILES string of the molecule is Cn1c(=O)oc2cc(S(=O)(=O)Nc3ccc(C(=O)N4CC(O)(Cc5ccccc5)C4)cc3)ccc21. The third-order valence-electron chi connectivity index (χ3n) is 6.09. The Kier molecular flexibility index (Phi) is 5.49. The molecule has 0 saturated carbocycles. The minimum absolute atomic E-state index is 0.0576. The van der Waals surface area contributed by atoms with Gasteiger partial charge in [-0.15, -0.1) is 0 Å². The van der Waals surface area contributed by atoms with Gasteiger partial charge in [-0.1, -0.05) is 30.3 Å². The number of carbonyl (C=O) groups is 1. The number of oxazole rings is 1. The molecule has 0 unspecified atom stereocenters. The Balaban J connectivity index is 1.24. The third-order valence-corrected chi connectivity index (χ3v) is 7.47. The lowest BCUT2D eigenvalue weighted by Gasteiger charge is -2.46. The molecule has 1 saturated heterocycles. The predicted octanol–water partition coefficient (Wildman–Crippen LogP) is 2.36. The van der Waals surface area contributed by atoms with Gasteiger partial charge in [0, 0.05) is 30.8 Å². The number of carbonyl (C=O) groups excluding carboxylic acids is 1. The first-order valence-corrected chi connectivity index (χ1v) is 12.4. The molecule has 35 heavy (non-hydrogen) atoms. The van der Waals surface area contributed by atoms with Crippen LogP contribution in [0.25, 0.3) is 11.1 Å². The molecule has 0 atom stereocenters. The third kappa shape index (κ3) is 4.45. The highest BCUT2D eigenvalue weighted by Crippen LogP contribution is 2.27. The van der Waals surface area contributed by atoms with E-state index in [4.69, 9.17) is 4.42 Å². The molecule has 0 radical (unpaired) electrons. The minimum atomic E-state index is -3.95. The zero-order chi connectivity index (χ0) is 24.8. The largest absolute Gasteiger partial charge is 0.419 e. The average molecular weight is 494 g/mol. The maximum atomic E-state index is 12.8. The molecule has 9 nitrogen and oxygen atoms in total. The number of nitrogens with one attached hydrogen (secondary N) is 1. The molecule has 1 fully saturated rings. The quantitative estimate of drug-likeness (QED) is 0.425. The molecular formula is C25H23N3O6S. The lowest BCUT2D eigenvalue weighted by atomic mass is 9.86. The molecule has 3 aromatic carbocycles. The number of sulfonamides is 1. The fourth-order valence-electron chi connectivity index (χ4n) is 4.25. The van der Waals surface area contributed by atoms with Crippen molar-refractivity contribution in [2.75, 3.05) is 17.8 Å². The van der Waals surface area contributed by atoms with Crippen molar-refractivity contribution < 1.29 is 22.7 Å². The predicted molar refractivity (Wildman–Crippen MR) is 130 cm³/mol. The molecule has 0 aliphatic carbocycles. The van der Waals surface area contributed by atoms with E-state index in [9.17, 15) is 23.1 Å². The first kappa shape index (κ1) is 22.9. The van der Waals surface area contributed by atoms with Crippen LogP contribution in [0.15, 0.2) is 86.9 Å². The monoisotopic (exact) mass is 493 g/mol. The number of hydrogen-bond donors (Lipinski definition) is 2. The van der Waals surface area contributed by atoms with Crippen LogP contribution in [0.2, 0.25) is 0 Å². The van der Waals surface area contributed by atoms with Crippen molar-refractivity contribution in [1.82, 2.24) is 9.47 Å². The highest BCUT2D eigenvalue weighted by Gasteiger charge is 2.43. The number of likely N-dealkylation sites (tertiary alicyclic amines) is 1. The second kappa shape index (κ2) is 8.40. The molecule has 10 heteroatoms. The van der Waals surface area contributed by atoms with Crippen molar-refractivity contribution in [2.24, 2.45) is 7.05 Å². The van der Waals surface area contributed by atoms with E-state index in [1.807, 2.05) is 30.3 Å². The Morgan fingerprint density at radius 2 is 1.74 bits per heavy atom. The molecule has 5 rings (SSSR count). The van der Waals surface area contributed by atoms with E-state index in [0.717, 1.165) is 5.56 Å². The van der Waals surface area contributed by atoms with E-state index in [1.54, 1.807) is 4.90 Å². The first-order chi connectivity index (χ1) is 16.6. The highest BCUT2D eigenvalue weighted by molar-refractivity contribution is 7.92. The van der Waals surface area contributed by atoms with Crippen LogP contribution in [0, 0.1) is 0 Å². The fraction of sp³-hybridized carbons (Fsp3) is 0.200. The summed E-state index contributed by atoms with van der Waals surface area (Å²) in [6, 6.07) is 19.9. The molecule has 1 aliphatic heterocycles. The van der Waals surface area contributed by atoms with Gasteiger partial charge < -0.3 is 14.4 Å². The maximum absolute atomic E-state index is 12.8. The topological polar surface area (TPSA) is 122 Å². The summed E-state index contributed by atoms with van der Waals surface area (Å²) in [5, 5.41) is 10.7. The number of benzene rings is 3. The summed E-state index contributed by atoms with van der Waals surface area (Å²) >= 11 is 0. The van der Waals surface area contributed by atoms with E-state index >= 15 is 0 Å². The van der Waals surface area contributed by atoms with Crippen molar-refractivity contribution in [2.45, 2.75) is 16.9 Å². The summed E-state index contributed by atoms with van der Waals surface area (Å²) in [4.78, 5) is 25.9. The van der Waals surface area contributed by atoms with E-state index in [2.05, 4.69) is 4.72 Å². The van der Waals surface area contributed by atoms with Gasteiger partial charge in [-0.05, 0) is 42.0 Å². The number of hydrogen-bond acceptors (Lipinski definition) is 6. The summed E-state index contributed by atoms with van der Waals surface area (Å²) in [7, 11) is -2.41. The van der Waals surface area contributed by atoms with Gasteiger partial charge in [-0.3, -0.25) is 14.1 Å². The molecule has 1 amide bonds. The Labute approximate surface area is 201 Å². The van der Waals surface area contributed by atoms with Crippen molar-refractivity contribution in [3.8, 4) is 0 Å². The van der Waals surface area contributed by atoms with Crippen LogP contribution in [-0.4, -0.2) is 47.6 Å². The van der Waals surface area contributed by atoms with Crippen molar-refractivity contribution in [3.05, 3.63) is 94.5 Å². The smallest absolute Gasteiger partial charge is 0.408 e. The molecular weight excluding hydrogens is 470 g/mol. The number of aliphatic hydroxyl groups is 1. The van der Waals surface area contributed by atoms with E-state index in [0.29, 0.717) is 17.5 Å². The first-order valence-electron chi connectivity index (χ1n) is 10.9. The fourth-order valence-corrected chi connectivity index (χ4v) is 5.33. The number of amides is 1. The molecule has 180 valence electrons. The molecule has 0 spiro atoms. The number of aryl methyl sites for hydroxylation is 1. The molecule has 1 aromatic heterocycles. The summed E-state index contributed by atoms with van der Waals surface area (Å²) < 4.78 is 34.4. The van der Waals surface area contributed by atoms with E-state index < -0.39 is 21.4 Å². The Bertz CT molecular complexity index is 1570. The second-order valence-electron chi connectivity index (χ2n) is 8.79. The summed E-state index contributed by atoms with van der Waals surface area (Å²) in [6.07, 6.45) is 0.469. The number of β-amino-alcohol motifs (C(OH)–C–C–N with tert-alkyl or cyclic N) is 1. The van der Waals surface area contributed by atoms with Crippen LogP contribution in [0.1, 0.15) is 15.9 Å². The molecule has 2 heterocycles. The number of fused-ring (bicyclic) bond motifs is 1. The maximum Gasteiger partial charge on any atom is 0.419 e. The van der Waals surface area contributed by atoms with Gasteiger partial charge in [0.25, 0.3) is 15.9 Å². The average Bonchev–Trinajstić information content (AvgIpc) is 3.10. The van der Waals surface area contributed by atoms with Crippen LogP contribution in [0.4, 0.5) is 5.69 Å². The van der Waals surface area contributed by atoms with Crippen molar-refractivity contribution in [1.29, 1.82) is 0 Å². The number of anilines is 1. The van der Waals surface area contributed by atoms with Crippen molar-refractivity contribution in [3.63, 3.8) is 0 Å². The standard InChI is InChI=1S/C25H23N3O6S/c1-27-21-12-11-20(13-22(21)34-24(27)30)35(32,33)26-19-9-7-18(8-10-19)23(29)28-15-25(31,16-28)14-17-5-3-2-4-6-17/h2-13,26,31H,14-16H2,1H3. The second-order valence-corrected chi connectivity index (χ2v) is 10.5. The normalized spacial score (nSPS) is 15.1. The van der Waals surface area contributed by atoms with Gasteiger partial charge in [0.15, 0.2) is 5.58 Å². The van der Waals surface area contributed by atoms with Crippen LogP contribution in [0.3, 0.4) is 0 Å². The zero-order valence-electron chi connectivity index (χ0n) is 18.8. The Morgan fingerprint density at radius 3 is 2.43 bits per heavy atom. The van der Waals surface area contributed by atoms with E-state index in [1.165, 1.54) is 54.1 Å². The van der Waals surface area contributed by atoms with Gasteiger partial charge >= 0.3 is 5.76 Å². The Hall–Kier alpha value is -3.89. The van der Waals surface area contributed by atoms with Gasteiger partial charge in [-0.2, -0.15) is 0 Å². The molecule has 4 aromatic rings. The summed E-state index contributed by atoms with van der Waals surface area (Å²) in [5.41, 5.74) is 1.38. The molecule has 1 aliphatic rings. The Morgan fingerprint density at radius 1 is 1.06 bits per heavy atom.